The van der Waals surface area contributed by atoms with Gasteiger partial charge < -0.3 is 4.57 Å². The summed E-state index contributed by atoms with van der Waals surface area (Å²) in [5.41, 5.74) is 10.1. The number of aryl methyl sites for hydroxylation is 1. The van der Waals surface area contributed by atoms with Crippen molar-refractivity contribution >= 4 is 22.8 Å². The van der Waals surface area contributed by atoms with E-state index in [2.05, 4.69) is 20.9 Å². The zero-order chi connectivity index (χ0) is 21.4. The molecule has 1 aliphatic carbocycles. The fourth-order valence-corrected chi connectivity index (χ4v) is 4.13. The van der Waals surface area contributed by atoms with E-state index in [9.17, 15) is 9.59 Å². The van der Waals surface area contributed by atoms with Crippen molar-refractivity contribution in [1.29, 1.82) is 0 Å². The minimum atomic E-state index is -0.411. The van der Waals surface area contributed by atoms with Crippen LogP contribution in [0.3, 0.4) is 0 Å². The average Bonchev–Trinajstić information content (AvgIpc) is 3.48. The van der Waals surface area contributed by atoms with Crippen molar-refractivity contribution < 1.29 is 9.59 Å². The van der Waals surface area contributed by atoms with E-state index in [1.165, 1.54) is 0 Å². The number of carbonyl (C=O) groups is 2. The van der Waals surface area contributed by atoms with Crippen molar-refractivity contribution in [2.45, 2.75) is 25.7 Å². The van der Waals surface area contributed by atoms with Gasteiger partial charge in [0.25, 0.3) is 5.91 Å². The standard InChI is InChI=1S/C23H22N6O2/c1-28-19-12-6-5-11-17(19)24-20(28)14-21(30)25-26-23(31)22-16-10-7-13-18(16)29(27-22)15-8-3-2-4-9-15/h2-6,8-9,11-12H,7,10,13-14H2,1H3,(H,25,30)(H,26,31). The Morgan fingerprint density at radius 2 is 1.77 bits per heavy atom. The summed E-state index contributed by atoms with van der Waals surface area (Å²) in [7, 11) is 1.87. The van der Waals surface area contributed by atoms with Crippen LogP contribution < -0.4 is 10.9 Å². The fourth-order valence-electron chi connectivity index (χ4n) is 4.13. The van der Waals surface area contributed by atoms with E-state index in [-0.39, 0.29) is 12.3 Å². The quantitative estimate of drug-likeness (QED) is 0.501. The SMILES string of the molecule is Cn1c(CC(=O)NNC(=O)c2nn(-c3ccccc3)c3c2CCC3)nc2ccccc21. The van der Waals surface area contributed by atoms with Gasteiger partial charge in [-0.1, -0.05) is 30.3 Å². The van der Waals surface area contributed by atoms with Gasteiger partial charge in [-0.2, -0.15) is 5.10 Å². The number of aromatic nitrogens is 4. The predicted octanol–water partition coefficient (Wildman–Crippen LogP) is 2.25. The molecule has 0 aliphatic heterocycles. The van der Waals surface area contributed by atoms with Crippen LogP contribution in [0.1, 0.15) is 34.0 Å². The van der Waals surface area contributed by atoms with Crippen molar-refractivity contribution in [1.82, 2.24) is 30.2 Å². The zero-order valence-corrected chi connectivity index (χ0v) is 17.1. The van der Waals surface area contributed by atoms with Gasteiger partial charge in [-0.05, 0) is 43.5 Å². The van der Waals surface area contributed by atoms with Gasteiger partial charge in [0.15, 0.2) is 5.69 Å². The topological polar surface area (TPSA) is 93.8 Å². The maximum absolute atomic E-state index is 12.8. The Morgan fingerprint density at radius 3 is 2.58 bits per heavy atom. The van der Waals surface area contributed by atoms with Crippen LogP contribution in [0.5, 0.6) is 0 Å². The molecule has 2 amide bonds. The number of hydrogen-bond donors (Lipinski definition) is 2. The monoisotopic (exact) mass is 414 g/mol. The van der Waals surface area contributed by atoms with Gasteiger partial charge in [-0.3, -0.25) is 20.4 Å². The Morgan fingerprint density at radius 1 is 1.00 bits per heavy atom. The summed E-state index contributed by atoms with van der Waals surface area (Å²) in [5, 5.41) is 4.54. The summed E-state index contributed by atoms with van der Waals surface area (Å²) in [5.74, 6) is -0.126. The summed E-state index contributed by atoms with van der Waals surface area (Å²) in [6.45, 7) is 0. The van der Waals surface area contributed by atoms with Crippen LogP contribution in [0.15, 0.2) is 54.6 Å². The van der Waals surface area contributed by atoms with Crippen molar-refractivity contribution in [2.75, 3.05) is 0 Å². The van der Waals surface area contributed by atoms with Gasteiger partial charge in [-0.15, -0.1) is 0 Å². The average molecular weight is 414 g/mol. The molecule has 0 spiro atoms. The second-order valence-electron chi connectivity index (χ2n) is 7.63. The first-order valence-electron chi connectivity index (χ1n) is 10.3. The Labute approximate surface area is 178 Å². The molecule has 156 valence electrons. The zero-order valence-electron chi connectivity index (χ0n) is 17.1. The fraction of sp³-hybridized carbons (Fsp3) is 0.217. The molecule has 8 heteroatoms. The highest BCUT2D eigenvalue weighted by atomic mass is 16.2. The third-order valence-electron chi connectivity index (χ3n) is 5.66. The molecule has 2 aromatic heterocycles. The number of para-hydroxylation sites is 3. The summed E-state index contributed by atoms with van der Waals surface area (Å²) in [6.07, 6.45) is 2.73. The van der Waals surface area contributed by atoms with E-state index in [0.717, 1.165) is 47.2 Å². The van der Waals surface area contributed by atoms with Crippen LogP contribution in [-0.4, -0.2) is 31.1 Å². The summed E-state index contributed by atoms with van der Waals surface area (Å²) >= 11 is 0. The third kappa shape index (κ3) is 3.46. The maximum atomic E-state index is 12.8. The lowest BCUT2D eigenvalue weighted by Gasteiger charge is -2.07. The number of nitrogens with zero attached hydrogens (tertiary/aromatic N) is 4. The molecule has 0 fully saturated rings. The predicted molar refractivity (Wildman–Crippen MR) is 116 cm³/mol. The highest BCUT2D eigenvalue weighted by Crippen LogP contribution is 2.27. The molecule has 4 aromatic rings. The molecule has 31 heavy (non-hydrogen) atoms. The Hall–Kier alpha value is -3.94. The molecule has 1 aliphatic rings. The molecule has 0 bridgehead atoms. The number of hydrazine groups is 1. The molecule has 0 atom stereocenters. The molecule has 0 saturated carbocycles. The van der Waals surface area contributed by atoms with Gasteiger partial charge >= 0.3 is 0 Å². The van der Waals surface area contributed by atoms with E-state index in [4.69, 9.17) is 0 Å². The number of rotatable bonds is 4. The second kappa shape index (κ2) is 7.71. The smallest absolute Gasteiger partial charge is 0.290 e. The lowest BCUT2D eigenvalue weighted by atomic mass is 10.2. The molecule has 0 saturated heterocycles. The molecule has 2 N–H and O–H groups in total. The van der Waals surface area contributed by atoms with E-state index in [1.54, 1.807) is 0 Å². The first kappa shape index (κ1) is 19.0. The summed E-state index contributed by atoms with van der Waals surface area (Å²) < 4.78 is 3.71. The summed E-state index contributed by atoms with van der Waals surface area (Å²) in [4.78, 5) is 29.7. The maximum Gasteiger partial charge on any atom is 0.290 e. The largest absolute Gasteiger partial charge is 0.331 e. The van der Waals surface area contributed by atoms with Crippen LogP contribution in [0, 0.1) is 0 Å². The van der Waals surface area contributed by atoms with Gasteiger partial charge in [0, 0.05) is 18.3 Å². The van der Waals surface area contributed by atoms with Gasteiger partial charge in [0.2, 0.25) is 5.91 Å². The number of amides is 2. The lowest BCUT2D eigenvalue weighted by Crippen LogP contribution is -2.43. The number of imidazole rings is 1. The molecular weight excluding hydrogens is 392 g/mol. The van der Waals surface area contributed by atoms with E-state index >= 15 is 0 Å². The van der Waals surface area contributed by atoms with Crippen molar-refractivity contribution in [3.63, 3.8) is 0 Å². The number of carbonyl (C=O) groups excluding carboxylic acids is 2. The van der Waals surface area contributed by atoms with Crippen LogP contribution in [0.2, 0.25) is 0 Å². The molecule has 0 radical (unpaired) electrons. The normalized spacial score (nSPS) is 12.7. The van der Waals surface area contributed by atoms with Crippen LogP contribution in [0.4, 0.5) is 0 Å². The number of nitrogens with one attached hydrogen (secondary N) is 2. The van der Waals surface area contributed by atoms with Crippen molar-refractivity contribution in [3.8, 4) is 5.69 Å². The van der Waals surface area contributed by atoms with Gasteiger partial charge in [0.05, 0.1) is 23.1 Å². The lowest BCUT2D eigenvalue weighted by molar-refractivity contribution is -0.121. The molecule has 8 nitrogen and oxygen atoms in total. The van der Waals surface area contributed by atoms with E-state index in [0.29, 0.717) is 11.5 Å². The minimum absolute atomic E-state index is 0.0576. The van der Waals surface area contributed by atoms with Crippen LogP contribution in [0.25, 0.3) is 16.7 Å². The molecule has 2 aromatic carbocycles. The molecular formula is C23H22N6O2. The van der Waals surface area contributed by atoms with Crippen LogP contribution >= 0.6 is 0 Å². The molecule has 2 heterocycles. The van der Waals surface area contributed by atoms with E-state index < -0.39 is 5.91 Å². The first-order chi connectivity index (χ1) is 15.1. The number of hydrogen-bond acceptors (Lipinski definition) is 4. The first-order valence-corrected chi connectivity index (χ1v) is 10.3. The molecule has 5 rings (SSSR count). The minimum Gasteiger partial charge on any atom is -0.331 e. The van der Waals surface area contributed by atoms with Crippen LogP contribution in [-0.2, 0) is 31.1 Å². The number of benzene rings is 2. The van der Waals surface area contributed by atoms with Gasteiger partial charge in [-0.25, -0.2) is 9.67 Å². The van der Waals surface area contributed by atoms with E-state index in [1.807, 2.05) is 70.9 Å². The number of fused-ring (bicyclic) bond motifs is 2. The second-order valence-corrected chi connectivity index (χ2v) is 7.63. The highest BCUT2D eigenvalue weighted by molar-refractivity contribution is 5.95. The van der Waals surface area contributed by atoms with Gasteiger partial charge in [0.1, 0.15) is 5.82 Å². The summed E-state index contributed by atoms with van der Waals surface area (Å²) in [6, 6.07) is 17.5. The van der Waals surface area contributed by atoms with Crippen molar-refractivity contribution in [2.24, 2.45) is 7.05 Å². The Kier molecular flexibility index (Phi) is 4.74. The Balaban J connectivity index is 1.30. The molecule has 0 unspecified atom stereocenters. The van der Waals surface area contributed by atoms with Crippen molar-refractivity contribution in [3.05, 3.63) is 77.4 Å². The Bertz CT molecular complexity index is 1290. The third-order valence-corrected chi connectivity index (χ3v) is 5.66. The highest BCUT2D eigenvalue weighted by Gasteiger charge is 2.27.